The summed E-state index contributed by atoms with van der Waals surface area (Å²) in [5.41, 5.74) is 2.83. The topological polar surface area (TPSA) is 92.7 Å². The molecule has 2 N–H and O–H groups in total. The largest absolute Gasteiger partial charge is 0.321 e. The monoisotopic (exact) mass is 331 g/mol. The third-order valence-corrected chi connectivity index (χ3v) is 5.04. The molecular formula is C15H17N5O2S. The van der Waals surface area contributed by atoms with Crippen molar-refractivity contribution in [1.29, 1.82) is 0 Å². The zero-order chi connectivity index (χ0) is 16.6. The van der Waals surface area contributed by atoms with Gasteiger partial charge < -0.3 is 4.57 Å². The fourth-order valence-electron chi connectivity index (χ4n) is 2.18. The Labute approximate surface area is 134 Å². The van der Waals surface area contributed by atoms with Crippen molar-refractivity contribution in [1.82, 2.24) is 19.7 Å². The Morgan fingerprint density at radius 1 is 1.17 bits per heavy atom. The van der Waals surface area contributed by atoms with Crippen molar-refractivity contribution in [3.05, 3.63) is 47.9 Å². The molecule has 0 unspecified atom stereocenters. The molecule has 3 aromatic rings. The van der Waals surface area contributed by atoms with E-state index in [1.165, 1.54) is 10.8 Å². The van der Waals surface area contributed by atoms with Gasteiger partial charge in [-0.1, -0.05) is 29.8 Å². The lowest BCUT2D eigenvalue weighted by molar-refractivity contribution is 0.589. The molecule has 1 aromatic carbocycles. The zero-order valence-corrected chi connectivity index (χ0v) is 13.8. The lowest BCUT2D eigenvalue weighted by atomic mass is 10.1. The molecule has 0 spiro atoms. The molecular weight excluding hydrogens is 314 g/mol. The highest BCUT2D eigenvalue weighted by Gasteiger charge is 2.20. The van der Waals surface area contributed by atoms with Gasteiger partial charge in [0.1, 0.15) is 5.82 Å². The summed E-state index contributed by atoms with van der Waals surface area (Å²) in [6, 6.07) is 9.53. The van der Waals surface area contributed by atoms with Gasteiger partial charge in [0.15, 0.2) is 10.8 Å². The minimum absolute atomic E-state index is 0.0925. The van der Waals surface area contributed by atoms with Crippen LogP contribution >= 0.6 is 0 Å². The molecule has 2 heterocycles. The van der Waals surface area contributed by atoms with Crippen LogP contribution in [0.4, 0.5) is 5.82 Å². The average molecular weight is 331 g/mol. The SMILES string of the molecule is Cc1ccc(-c2cc(NS(=O)(=O)c3cnc(C)n3C)n[nH]2)cc1. The van der Waals surface area contributed by atoms with E-state index < -0.39 is 10.0 Å². The molecule has 0 amide bonds. The van der Waals surface area contributed by atoms with E-state index in [1.54, 1.807) is 20.0 Å². The molecule has 8 heteroatoms. The van der Waals surface area contributed by atoms with Gasteiger partial charge in [-0.05, 0) is 19.4 Å². The van der Waals surface area contributed by atoms with Gasteiger partial charge in [-0.2, -0.15) is 13.5 Å². The highest BCUT2D eigenvalue weighted by atomic mass is 32.2. The van der Waals surface area contributed by atoms with Crippen LogP contribution in [0.2, 0.25) is 0 Å². The maximum absolute atomic E-state index is 12.4. The molecule has 0 aliphatic carbocycles. The summed E-state index contributed by atoms with van der Waals surface area (Å²) in [6.07, 6.45) is 1.32. The summed E-state index contributed by atoms with van der Waals surface area (Å²) in [5.74, 6) is 0.854. The van der Waals surface area contributed by atoms with E-state index in [0.29, 0.717) is 5.82 Å². The van der Waals surface area contributed by atoms with Gasteiger partial charge >= 0.3 is 0 Å². The quantitative estimate of drug-likeness (QED) is 0.767. The van der Waals surface area contributed by atoms with Gasteiger partial charge in [0.05, 0.1) is 11.9 Å². The van der Waals surface area contributed by atoms with Crippen LogP contribution in [-0.2, 0) is 17.1 Å². The molecule has 0 aliphatic rings. The Bertz CT molecular complexity index is 939. The normalized spacial score (nSPS) is 11.6. The molecule has 23 heavy (non-hydrogen) atoms. The number of aromatic amines is 1. The van der Waals surface area contributed by atoms with Crippen molar-refractivity contribution in [2.75, 3.05) is 4.72 Å². The van der Waals surface area contributed by atoms with Gasteiger partial charge in [0.2, 0.25) is 0 Å². The van der Waals surface area contributed by atoms with Crippen molar-refractivity contribution in [2.45, 2.75) is 18.9 Å². The molecule has 0 saturated heterocycles. The first-order chi connectivity index (χ1) is 10.9. The van der Waals surface area contributed by atoms with E-state index in [2.05, 4.69) is 19.9 Å². The number of nitrogens with one attached hydrogen (secondary N) is 2. The first kappa shape index (κ1) is 15.3. The van der Waals surface area contributed by atoms with Gasteiger partial charge in [-0.15, -0.1) is 0 Å². The number of imidazole rings is 1. The Morgan fingerprint density at radius 3 is 2.48 bits per heavy atom. The van der Waals surface area contributed by atoms with Gasteiger partial charge in [-0.3, -0.25) is 9.82 Å². The Kier molecular flexibility index (Phi) is 3.69. The molecule has 0 saturated carbocycles. The number of nitrogens with zero attached hydrogens (tertiary/aromatic N) is 3. The molecule has 0 radical (unpaired) electrons. The second-order valence-electron chi connectivity index (χ2n) is 5.34. The Morgan fingerprint density at radius 2 is 1.87 bits per heavy atom. The smallest absolute Gasteiger partial charge is 0.280 e. The van der Waals surface area contributed by atoms with Crippen LogP contribution in [0.5, 0.6) is 0 Å². The third-order valence-electron chi connectivity index (χ3n) is 3.63. The lowest BCUT2D eigenvalue weighted by Crippen LogP contribution is -2.16. The van der Waals surface area contributed by atoms with Gasteiger partial charge in [0.25, 0.3) is 10.0 Å². The maximum Gasteiger partial charge on any atom is 0.280 e. The van der Waals surface area contributed by atoms with E-state index in [-0.39, 0.29) is 10.8 Å². The zero-order valence-electron chi connectivity index (χ0n) is 13.0. The number of H-pyrrole nitrogens is 1. The second-order valence-corrected chi connectivity index (χ2v) is 6.97. The number of aromatic nitrogens is 4. The highest BCUT2D eigenvalue weighted by molar-refractivity contribution is 7.92. The van der Waals surface area contributed by atoms with E-state index in [4.69, 9.17) is 0 Å². The second kappa shape index (κ2) is 5.54. The van der Waals surface area contributed by atoms with E-state index >= 15 is 0 Å². The van der Waals surface area contributed by atoms with Crippen LogP contribution in [0.15, 0.2) is 41.6 Å². The molecule has 0 atom stereocenters. The number of hydrogen-bond acceptors (Lipinski definition) is 4. The standard InChI is InChI=1S/C15H17N5O2S/c1-10-4-6-12(7-5-10)13-8-14(18-17-13)19-23(21,22)15-9-16-11(2)20(15)3/h4-9H,1-3H3,(H2,17,18,19). The predicted octanol–water partition coefficient (Wildman–Crippen LogP) is 2.23. The molecule has 2 aromatic heterocycles. The molecule has 7 nitrogen and oxygen atoms in total. The molecule has 0 fully saturated rings. The van der Waals surface area contributed by atoms with Crippen LogP contribution in [-0.4, -0.2) is 28.2 Å². The van der Waals surface area contributed by atoms with Crippen LogP contribution < -0.4 is 4.72 Å². The average Bonchev–Trinajstić information content (AvgIpc) is 3.08. The maximum atomic E-state index is 12.4. The first-order valence-electron chi connectivity index (χ1n) is 7.00. The molecule has 3 rings (SSSR count). The van der Waals surface area contributed by atoms with Crippen molar-refractivity contribution < 1.29 is 8.42 Å². The van der Waals surface area contributed by atoms with Gasteiger partial charge in [0, 0.05) is 13.1 Å². The Hall–Kier alpha value is -2.61. The van der Waals surface area contributed by atoms with Crippen molar-refractivity contribution >= 4 is 15.8 Å². The number of hydrogen-bond donors (Lipinski definition) is 2. The first-order valence-corrected chi connectivity index (χ1v) is 8.49. The number of benzene rings is 1. The summed E-state index contributed by atoms with van der Waals surface area (Å²) in [5, 5.41) is 6.95. The molecule has 120 valence electrons. The van der Waals surface area contributed by atoms with Crippen LogP contribution in [0.3, 0.4) is 0 Å². The summed E-state index contributed by atoms with van der Waals surface area (Å²) < 4.78 is 28.8. The summed E-state index contributed by atoms with van der Waals surface area (Å²) >= 11 is 0. The van der Waals surface area contributed by atoms with Crippen molar-refractivity contribution in [2.24, 2.45) is 7.05 Å². The minimum atomic E-state index is -3.73. The number of aryl methyl sites for hydroxylation is 2. The summed E-state index contributed by atoms with van der Waals surface area (Å²) in [4.78, 5) is 4.00. The van der Waals surface area contributed by atoms with Crippen LogP contribution in [0.25, 0.3) is 11.3 Å². The summed E-state index contributed by atoms with van der Waals surface area (Å²) in [7, 11) is -2.08. The van der Waals surface area contributed by atoms with Crippen molar-refractivity contribution in [3.63, 3.8) is 0 Å². The number of sulfonamides is 1. The van der Waals surface area contributed by atoms with Gasteiger partial charge in [-0.25, -0.2) is 4.98 Å². The highest BCUT2D eigenvalue weighted by Crippen LogP contribution is 2.22. The van der Waals surface area contributed by atoms with Crippen LogP contribution in [0, 0.1) is 13.8 Å². The molecule has 0 bridgehead atoms. The van der Waals surface area contributed by atoms with E-state index in [9.17, 15) is 8.42 Å². The fraction of sp³-hybridized carbons (Fsp3) is 0.200. The Balaban J connectivity index is 1.86. The van der Waals surface area contributed by atoms with E-state index in [0.717, 1.165) is 16.8 Å². The molecule has 0 aliphatic heterocycles. The summed E-state index contributed by atoms with van der Waals surface area (Å²) in [6.45, 7) is 3.75. The fourth-order valence-corrected chi connectivity index (χ4v) is 3.34. The van der Waals surface area contributed by atoms with Crippen molar-refractivity contribution in [3.8, 4) is 11.3 Å². The number of anilines is 1. The lowest BCUT2D eigenvalue weighted by Gasteiger charge is -2.06. The van der Waals surface area contributed by atoms with Crippen LogP contribution in [0.1, 0.15) is 11.4 Å². The number of rotatable bonds is 4. The third kappa shape index (κ3) is 2.98. The van der Waals surface area contributed by atoms with E-state index in [1.807, 2.05) is 31.2 Å². The predicted molar refractivity (Wildman–Crippen MR) is 87.5 cm³/mol. The minimum Gasteiger partial charge on any atom is -0.321 e.